The molecule has 6 heteroatoms. The van der Waals surface area contributed by atoms with Crippen molar-refractivity contribution in [2.24, 2.45) is 0 Å². The van der Waals surface area contributed by atoms with Crippen LogP contribution in [0.4, 0.5) is 0 Å². The van der Waals surface area contributed by atoms with E-state index in [1.54, 1.807) is 12.1 Å². The van der Waals surface area contributed by atoms with Crippen LogP contribution in [0.1, 0.15) is 17.0 Å². The highest BCUT2D eigenvalue weighted by atomic mass is 32.2. The van der Waals surface area contributed by atoms with Gasteiger partial charge in [0.1, 0.15) is 0 Å². The van der Waals surface area contributed by atoms with Crippen molar-refractivity contribution in [2.45, 2.75) is 12.5 Å². The van der Waals surface area contributed by atoms with E-state index in [2.05, 4.69) is 5.32 Å². The molecule has 1 aromatic rings. The van der Waals surface area contributed by atoms with E-state index in [9.17, 15) is 13.2 Å². The molecule has 0 aromatic carbocycles. The molecule has 0 bridgehead atoms. The summed E-state index contributed by atoms with van der Waals surface area (Å²) in [5, 5.41) is 2.63. The summed E-state index contributed by atoms with van der Waals surface area (Å²) in [6.07, 6.45) is 1.88. The Labute approximate surface area is 87.4 Å². The van der Waals surface area contributed by atoms with Crippen LogP contribution in [0.2, 0.25) is 0 Å². The molecule has 1 N–H and O–H groups in total. The predicted molar refractivity (Wildman–Crippen MR) is 53.2 cm³/mol. The largest absolute Gasteiger partial charge is 0.459 e. The first-order valence-electron chi connectivity index (χ1n) is 4.62. The van der Waals surface area contributed by atoms with Crippen LogP contribution in [0.5, 0.6) is 0 Å². The predicted octanol–water partition coefficient (Wildman–Crippen LogP) is 0.196. The molecule has 1 fully saturated rings. The summed E-state index contributed by atoms with van der Waals surface area (Å²) in [5.74, 6) is 0.0247. The number of amides is 1. The highest BCUT2D eigenvalue weighted by Crippen LogP contribution is 2.12. The summed E-state index contributed by atoms with van der Waals surface area (Å²) in [6.45, 7) is 0. The molecule has 0 unspecified atom stereocenters. The van der Waals surface area contributed by atoms with E-state index in [4.69, 9.17) is 4.42 Å². The number of hydrogen-bond donors (Lipinski definition) is 1. The molecule has 2 heterocycles. The van der Waals surface area contributed by atoms with Crippen molar-refractivity contribution in [1.29, 1.82) is 0 Å². The summed E-state index contributed by atoms with van der Waals surface area (Å²) < 4.78 is 27.2. The standard InChI is InChI=1S/C9H11NO4S/c11-9(8-2-1-4-14-8)10-7-3-5-15(12,13)6-7/h1-2,4,7H,3,5-6H2,(H,10,11)/t7-/m1/s1. The molecule has 2 rings (SSSR count). The Bertz CT molecular complexity index is 448. The summed E-state index contributed by atoms with van der Waals surface area (Å²) in [4.78, 5) is 11.5. The highest BCUT2D eigenvalue weighted by molar-refractivity contribution is 7.91. The van der Waals surface area contributed by atoms with E-state index < -0.39 is 9.84 Å². The monoisotopic (exact) mass is 229 g/mol. The molecular weight excluding hydrogens is 218 g/mol. The Kier molecular flexibility index (Phi) is 2.52. The van der Waals surface area contributed by atoms with Crippen LogP contribution in [0, 0.1) is 0 Å². The van der Waals surface area contributed by atoms with Crippen molar-refractivity contribution in [3.63, 3.8) is 0 Å². The van der Waals surface area contributed by atoms with Gasteiger partial charge in [0.15, 0.2) is 15.6 Å². The zero-order valence-electron chi connectivity index (χ0n) is 7.97. The minimum Gasteiger partial charge on any atom is -0.459 e. The second-order valence-corrected chi connectivity index (χ2v) is 5.78. The molecule has 1 aliphatic heterocycles. The molecule has 82 valence electrons. The van der Waals surface area contributed by atoms with Gasteiger partial charge in [0.2, 0.25) is 0 Å². The van der Waals surface area contributed by atoms with Gasteiger partial charge in [0.05, 0.1) is 17.8 Å². The van der Waals surface area contributed by atoms with Crippen molar-refractivity contribution in [3.8, 4) is 0 Å². The highest BCUT2D eigenvalue weighted by Gasteiger charge is 2.29. The van der Waals surface area contributed by atoms with Crippen LogP contribution in [0.3, 0.4) is 0 Å². The molecule has 1 aromatic heterocycles. The zero-order valence-corrected chi connectivity index (χ0v) is 8.79. The lowest BCUT2D eigenvalue weighted by Crippen LogP contribution is -2.35. The second kappa shape index (κ2) is 3.69. The summed E-state index contributed by atoms with van der Waals surface area (Å²) in [5.41, 5.74) is 0. The summed E-state index contributed by atoms with van der Waals surface area (Å²) >= 11 is 0. The lowest BCUT2D eigenvalue weighted by Gasteiger charge is -2.08. The second-order valence-electron chi connectivity index (χ2n) is 3.55. The smallest absolute Gasteiger partial charge is 0.287 e. The number of carbonyl (C=O) groups excluding carboxylic acids is 1. The van der Waals surface area contributed by atoms with Gasteiger partial charge in [0, 0.05) is 6.04 Å². The van der Waals surface area contributed by atoms with Crippen molar-refractivity contribution >= 4 is 15.7 Å². The van der Waals surface area contributed by atoms with Crippen molar-refractivity contribution in [3.05, 3.63) is 24.2 Å². The van der Waals surface area contributed by atoms with E-state index in [0.717, 1.165) is 0 Å². The third-order valence-electron chi connectivity index (χ3n) is 2.31. The Hall–Kier alpha value is -1.30. The molecule has 0 aliphatic carbocycles. The Balaban J connectivity index is 1.97. The van der Waals surface area contributed by atoms with Gasteiger partial charge >= 0.3 is 0 Å². The molecule has 0 radical (unpaired) electrons. The average Bonchev–Trinajstić information content (AvgIpc) is 2.74. The van der Waals surface area contributed by atoms with E-state index in [1.165, 1.54) is 6.26 Å². The lowest BCUT2D eigenvalue weighted by atomic mass is 10.2. The first-order valence-corrected chi connectivity index (χ1v) is 6.44. The van der Waals surface area contributed by atoms with Gasteiger partial charge in [-0.3, -0.25) is 4.79 Å². The van der Waals surface area contributed by atoms with Gasteiger partial charge in [0.25, 0.3) is 5.91 Å². The maximum Gasteiger partial charge on any atom is 0.287 e. The van der Waals surface area contributed by atoms with Crippen LogP contribution in [-0.2, 0) is 9.84 Å². The molecular formula is C9H11NO4S. The van der Waals surface area contributed by atoms with E-state index in [1.807, 2.05) is 0 Å². The topological polar surface area (TPSA) is 76.4 Å². The van der Waals surface area contributed by atoms with E-state index in [-0.39, 0.29) is 29.2 Å². The van der Waals surface area contributed by atoms with Crippen LogP contribution < -0.4 is 5.32 Å². The third kappa shape index (κ3) is 2.38. The fraction of sp³-hybridized carbons (Fsp3) is 0.444. The average molecular weight is 229 g/mol. The number of nitrogens with one attached hydrogen (secondary N) is 1. The molecule has 5 nitrogen and oxygen atoms in total. The number of sulfone groups is 1. The SMILES string of the molecule is O=C(N[C@@H]1CCS(=O)(=O)C1)c1ccco1. The number of rotatable bonds is 2. The van der Waals surface area contributed by atoms with Crippen LogP contribution in [0.15, 0.2) is 22.8 Å². The van der Waals surface area contributed by atoms with Gasteiger partial charge in [-0.1, -0.05) is 0 Å². The van der Waals surface area contributed by atoms with Gasteiger partial charge in [-0.2, -0.15) is 0 Å². The molecule has 0 saturated carbocycles. The van der Waals surface area contributed by atoms with E-state index >= 15 is 0 Å². The zero-order chi connectivity index (χ0) is 10.9. The third-order valence-corrected chi connectivity index (χ3v) is 4.08. The van der Waals surface area contributed by atoms with Gasteiger partial charge in [-0.25, -0.2) is 8.42 Å². The Morgan fingerprint density at radius 1 is 1.53 bits per heavy atom. The molecule has 15 heavy (non-hydrogen) atoms. The van der Waals surface area contributed by atoms with Crippen molar-refractivity contribution < 1.29 is 17.6 Å². The fourth-order valence-corrected chi connectivity index (χ4v) is 3.25. The fourth-order valence-electron chi connectivity index (χ4n) is 1.57. The maximum atomic E-state index is 11.5. The van der Waals surface area contributed by atoms with Crippen LogP contribution >= 0.6 is 0 Å². The first kappa shape index (κ1) is 10.2. The van der Waals surface area contributed by atoms with Crippen LogP contribution in [-0.4, -0.2) is 31.9 Å². The summed E-state index contributed by atoms with van der Waals surface area (Å²) in [6, 6.07) is 2.87. The first-order chi connectivity index (χ1) is 7.07. The Morgan fingerprint density at radius 3 is 2.87 bits per heavy atom. The summed E-state index contributed by atoms with van der Waals surface area (Å²) in [7, 11) is -2.96. The van der Waals surface area contributed by atoms with Crippen molar-refractivity contribution in [2.75, 3.05) is 11.5 Å². The number of carbonyl (C=O) groups is 1. The molecule has 1 amide bonds. The quantitative estimate of drug-likeness (QED) is 0.785. The van der Waals surface area contributed by atoms with Gasteiger partial charge in [-0.05, 0) is 18.6 Å². The van der Waals surface area contributed by atoms with Gasteiger partial charge in [-0.15, -0.1) is 0 Å². The molecule has 1 saturated heterocycles. The maximum absolute atomic E-state index is 11.5. The number of hydrogen-bond acceptors (Lipinski definition) is 4. The molecule has 1 aliphatic rings. The minimum atomic E-state index is -2.96. The normalized spacial score (nSPS) is 23.9. The van der Waals surface area contributed by atoms with Crippen LogP contribution in [0.25, 0.3) is 0 Å². The molecule has 1 atom stereocenters. The van der Waals surface area contributed by atoms with E-state index in [0.29, 0.717) is 6.42 Å². The number of furan rings is 1. The lowest BCUT2D eigenvalue weighted by molar-refractivity contribution is 0.0913. The van der Waals surface area contributed by atoms with Gasteiger partial charge < -0.3 is 9.73 Å². The minimum absolute atomic E-state index is 0.0272. The van der Waals surface area contributed by atoms with Crippen molar-refractivity contribution in [1.82, 2.24) is 5.32 Å². The Morgan fingerprint density at radius 2 is 2.33 bits per heavy atom. The molecule has 0 spiro atoms.